The molecule has 0 saturated heterocycles. The highest BCUT2D eigenvalue weighted by molar-refractivity contribution is 6.25. The zero-order valence-electron chi connectivity index (χ0n) is 23.1. The minimum absolute atomic E-state index is 0.137. The molecule has 5 nitrogen and oxygen atoms in total. The third-order valence-corrected chi connectivity index (χ3v) is 9.94. The van der Waals surface area contributed by atoms with Gasteiger partial charge in [0.1, 0.15) is 5.52 Å². The molecule has 0 saturated carbocycles. The molecular weight excluding hydrogens is 514 g/mol. The van der Waals surface area contributed by atoms with E-state index in [-0.39, 0.29) is 5.41 Å². The van der Waals surface area contributed by atoms with Crippen LogP contribution in [-0.2, 0) is 5.41 Å². The molecule has 1 aliphatic rings. The molecule has 11 rings (SSSR count). The topological polar surface area (TPSA) is 39.0 Å². The van der Waals surface area contributed by atoms with Gasteiger partial charge in [-0.3, -0.25) is 8.80 Å². The molecule has 1 aliphatic carbocycles. The normalized spacial score (nSPS) is 14.6. The lowest BCUT2D eigenvalue weighted by atomic mass is 9.82. The molecule has 0 aliphatic heterocycles. The lowest BCUT2D eigenvalue weighted by Gasteiger charge is -2.21. The molecule has 6 aromatic carbocycles. The fourth-order valence-corrected chi connectivity index (χ4v) is 8.24. The summed E-state index contributed by atoms with van der Waals surface area (Å²) in [6.07, 6.45) is 0. The number of nitrogens with zero attached hydrogens (tertiary/aromatic N) is 5. The van der Waals surface area contributed by atoms with Crippen molar-refractivity contribution in [3.63, 3.8) is 0 Å². The molecule has 0 fully saturated rings. The van der Waals surface area contributed by atoms with Crippen LogP contribution in [0.25, 0.3) is 82.8 Å². The number of aromatic nitrogens is 5. The molecular formula is C37H23N5. The SMILES string of the molecule is CC1(C)c2ccccc2-c2ccc3c(nc4n3c3cccc5c3n4c3nc4c6ccccc6c6ccccc6c4n53)c21. The van der Waals surface area contributed by atoms with E-state index >= 15 is 0 Å². The molecule has 4 aromatic heterocycles. The van der Waals surface area contributed by atoms with Crippen molar-refractivity contribution in [2.45, 2.75) is 19.3 Å². The zero-order valence-corrected chi connectivity index (χ0v) is 23.1. The van der Waals surface area contributed by atoms with Crippen molar-refractivity contribution in [2.24, 2.45) is 0 Å². The maximum absolute atomic E-state index is 5.47. The lowest BCUT2D eigenvalue weighted by Crippen LogP contribution is -2.15. The molecule has 0 spiro atoms. The van der Waals surface area contributed by atoms with Crippen LogP contribution in [-0.4, -0.2) is 23.2 Å². The predicted octanol–water partition coefficient (Wildman–Crippen LogP) is 8.74. The first-order chi connectivity index (χ1) is 20.6. The third kappa shape index (κ3) is 2.15. The third-order valence-electron chi connectivity index (χ3n) is 9.94. The summed E-state index contributed by atoms with van der Waals surface area (Å²) in [7, 11) is 0. The van der Waals surface area contributed by atoms with Gasteiger partial charge in [-0.05, 0) is 51.2 Å². The van der Waals surface area contributed by atoms with E-state index in [9.17, 15) is 0 Å². The summed E-state index contributed by atoms with van der Waals surface area (Å²) in [4.78, 5) is 10.9. The Hall–Kier alpha value is -5.42. The van der Waals surface area contributed by atoms with Gasteiger partial charge in [-0.15, -0.1) is 0 Å². The molecule has 0 radical (unpaired) electrons. The van der Waals surface area contributed by atoms with Gasteiger partial charge in [0, 0.05) is 16.2 Å². The Morgan fingerprint density at radius 2 is 1.12 bits per heavy atom. The summed E-state index contributed by atoms with van der Waals surface area (Å²) in [5, 5.41) is 4.88. The Kier molecular flexibility index (Phi) is 3.41. The van der Waals surface area contributed by atoms with Gasteiger partial charge in [-0.1, -0.05) is 98.8 Å². The van der Waals surface area contributed by atoms with Crippen LogP contribution in [0, 0.1) is 0 Å². The molecule has 0 bridgehead atoms. The minimum atomic E-state index is -0.137. The van der Waals surface area contributed by atoms with Crippen LogP contribution < -0.4 is 0 Å². The largest absolute Gasteiger partial charge is 0.276 e. The van der Waals surface area contributed by atoms with Gasteiger partial charge >= 0.3 is 0 Å². The first-order valence-electron chi connectivity index (χ1n) is 14.5. The van der Waals surface area contributed by atoms with Gasteiger partial charge in [0.25, 0.3) is 0 Å². The van der Waals surface area contributed by atoms with Crippen LogP contribution in [0.5, 0.6) is 0 Å². The van der Waals surface area contributed by atoms with Crippen LogP contribution in [0.2, 0.25) is 0 Å². The van der Waals surface area contributed by atoms with E-state index in [0.717, 1.165) is 50.2 Å². The van der Waals surface area contributed by atoms with Crippen molar-refractivity contribution in [3.8, 4) is 11.1 Å². The maximum atomic E-state index is 5.47. The Morgan fingerprint density at radius 3 is 1.95 bits per heavy atom. The summed E-state index contributed by atoms with van der Waals surface area (Å²) in [5.74, 6) is 1.82. The van der Waals surface area contributed by atoms with E-state index in [0.29, 0.717) is 0 Å². The Labute approximate surface area is 239 Å². The zero-order chi connectivity index (χ0) is 27.5. The summed E-state index contributed by atoms with van der Waals surface area (Å²) in [6.45, 7) is 4.66. The van der Waals surface area contributed by atoms with Crippen LogP contribution in [0.15, 0.2) is 103 Å². The molecule has 0 atom stereocenters. The number of para-hydroxylation sites is 1. The van der Waals surface area contributed by atoms with Gasteiger partial charge in [-0.2, -0.15) is 0 Å². The van der Waals surface area contributed by atoms with Crippen molar-refractivity contribution >= 4 is 71.7 Å². The van der Waals surface area contributed by atoms with Gasteiger partial charge < -0.3 is 0 Å². The van der Waals surface area contributed by atoms with Crippen LogP contribution in [0.4, 0.5) is 0 Å². The van der Waals surface area contributed by atoms with E-state index in [1.54, 1.807) is 0 Å². The Morgan fingerprint density at radius 1 is 0.476 bits per heavy atom. The highest BCUT2D eigenvalue weighted by Gasteiger charge is 2.38. The first kappa shape index (κ1) is 21.3. The minimum Gasteiger partial charge on any atom is -0.276 e. The summed E-state index contributed by atoms with van der Waals surface area (Å²) < 4.78 is 6.98. The van der Waals surface area contributed by atoms with Crippen LogP contribution >= 0.6 is 0 Å². The van der Waals surface area contributed by atoms with E-state index in [2.05, 4.69) is 130 Å². The van der Waals surface area contributed by atoms with Crippen molar-refractivity contribution in [3.05, 3.63) is 114 Å². The number of imidazole rings is 4. The van der Waals surface area contributed by atoms with Crippen molar-refractivity contribution in [2.75, 3.05) is 0 Å². The van der Waals surface area contributed by atoms with E-state index in [1.807, 2.05) is 0 Å². The standard InChI is InChI=1S/C37H23N5/c1-37(2)26-15-8-7-12-22(26)23-18-19-27-32(30(23)37)39-35-40(27)28-16-9-17-29-34(28)42(35)36-38-31-24-13-5-3-10-20(24)21-11-4-6-14-25(21)33(31)41(29)36/h3-19H,1-2H3. The fourth-order valence-electron chi connectivity index (χ4n) is 8.24. The molecule has 10 aromatic rings. The van der Waals surface area contributed by atoms with Crippen LogP contribution in [0.3, 0.4) is 0 Å². The summed E-state index contributed by atoms with van der Waals surface area (Å²) in [6, 6.07) is 37.3. The molecule has 0 N–H and O–H groups in total. The van der Waals surface area contributed by atoms with Crippen LogP contribution in [0.1, 0.15) is 25.0 Å². The molecule has 4 heterocycles. The Bertz CT molecular complexity index is 2820. The second-order valence-electron chi connectivity index (χ2n) is 12.3. The summed E-state index contributed by atoms with van der Waals surface area (Å²) >= 11 is 0. The highest BCUT2D eigenvalue weighted by Crippen LogP contribution is 2.51. The fraction of sp³-hybridized carbons (Fsp3) is 0.0811. The number of benzene rings is 6. The van der Waals surface area contributed by atoms with Gasteiger partial charge in [0.05, 0.1) is 33.1 Å². The molecule has 0 amide bonds. The van der Waals surface area contributed by atoms with Gasteiger partial charge in [0.2, 0.25) is 11.6 Å². The first-order valence-corrected chi connectivity index (χ1v) is 14.5. The smallest absolute Gasteiger partial charge is 0.223 e. The molecule has 5 heteroatoms. The monoisotopic (exact) mass is 537 g/mol. The van der Waals surface area contributed by atoms with E-state index < -0.39 is 0 Å². The lowest BCUT2D eigenvalue weighted by molar-refractivity contribution is 0.665. The molecule has 0 unspecified atom stereocenters. The predicted molar refractivity (Wildman–Crippen MR) is 171 cm³/mol. The number of hydrogen-bond acceptors (Lipinski definition) is 2. The van der Waals surface area contributed by atoms with Crippen molar-refractivity contribution in [1.82, 2.24) is 23.2 Å². The van der Waals surface area contributed by atoms with Crippen molar-refractivity contribution in [1.29, 1.82) is 0 Å². The molecule has 42 heavy (non-hydrogen) atoms. The second-order valence-corrected chi connectivity index (χ2v) is 12.3. The quantitative estimate of drug-likeness (QED) is 0.181. The van der Waals surface area contributed by atoms with Crippen molar-refractivity contribution < 1.29 is 0 Å². The number of fused-ring (bicyclic) bond motifs is 19. The number of rotatable bonds is 0. The summed E-state index contributed by atoms with van der Waals surface area (Å²) in [5.41, 5.74) is 13.0. The van der Waals surface area contributed by atoms with E-state index in [1.165, 1.54) is 43.8 Å². The Balaban J connectivity index is 1.38. The highest BCUT2D eigenvalue weighted by atomic mass is 15.3. The molecule has 196 valence electrons. The second kappa shape index (κ2) is 6.72. The van der Waals surface area contributed by atoms with Gasteiger partial charge in [-0.25, -0.2) is 14.4 Å². The average molecular weight is 538 g/mol. The maximum Gasteiger partial charge on any atom is 0.223 e. The number of hydrogen-bond donors (Lipinski definition) is 0. The van der Waals surface area contributed by atoms with Gasteiger partial charge in [0.15, 0.2) is 0 Å². The van der Waals surface area contributed by atoms with E-state index in [4.69, 9.17) is 9.97 Å². The average Bonchev–Trinajstić information content (AvgIpc) is 3.79.